The standard InChI is InChI=1S/C17H14N2O2/c20-17-15(16-18-10-11-21-16)13-8-4-5-9-14(13)19(17)12-6-2-1-3-7-12/h1-9,20H,10-11H2. The van der Waals surface area contributed by atoms with Gasteiger partial charge in [-0.25, -0.2) is 4.99 Å². The smallest absolute Gasteiger partial charge is 0.222 e. The van der Waals surface area contributed by atoms with E-state index >= 15 is 0 Å². The summed E-state index contributed by atoms with van der Waals surface area (Å²) in [5.41, 5.74) is 2.53. The van der Waals surface area contributed by atoms with E-state index in [0.29, 0.717) is 24.6 Å². The van der Waals surface area contributed by atoms with Gasteiger partial charge in [0.05, 0.1) is 12.1 Å². The van der Waals surface area contributed by atoms with Crippen molar-refractivity contribution in [1.29, 1.82) is 0 Å². The number of aromatic nitrogens is 1. The first kappa shape index (κ1) is 12.0. The van der Waals surface area contributed by atoms with Crippen LogP contribution in [0.25, 0.3) is 16.6 Å². The molecule has 1 aliphatic rings. The van der Waals surface area contributed by atoms with Gasteiger partial charge in [-0.05, 0) is 18.2 Å². The van der Waals surface area contributed by atoms with Crippen LogP contribution in [0.15, 0.2) is 59.6 Å². The van der Waals surface area contributed by atoms with Crippen molar-refractivity contribution in [1.82, 2.24) is 4.57 Å². The van der Waals surface area contributed by atoms with Crippen LogP contribution >= 0.6 is 0 Å². The van der Waals surface area contributed by atoms with E-state index in [4.69, 9.17) is 4.74 Å². The summed E-state index contributed by atoms with van der Waals surface area (Å²) >= 11 is 0. The molecule has 0 saturated carbocycles. The van der Waals surface area contributed by atoms with Crippen molar-refractivity contribution in [3.63, 3.8) is 0 Å². The molecule has 0 saturated heterocycles. The molecular weight excluding hydrogens is 264 g/mol. The lowest BCUT2D eigenvalue weighted by molar-refractivity contribution is 0.346. The van der Waals surface area contributed by atoms with Gasteiger partial charge in [0, 0.05) is 11.1 Å². The minimum atomic E-state index is 0.169. The molecule has 0 amide bonds. The van der Waals surface area contributed by atoms with Crippen LogP contribution in [0.5, 0.6) is 5.88 Å². The van der Waals surface area contributed by atoms with Crippen LogP contribution in [-0.2, 0) is 4.74 Å². The number of fused-ring (bicyclic) bond motifs is 1. The van der Waals surface area contributed by atoms with Crippen molar-refractivity contribution in [2.24, 2.45) is 4.99 Å². The first-order valence-electron chi connectivity index (χ1n) is 6.92. The summed E-state index contributed by atoms with van der Waals surface area (Å²) < 4.78 is 7.38. The van der Waals surface area contributed by atoms with Crippen LogP contribution in [0.1, 0.15) is 5.56 Å². The Morgan fingerprint density at radius 1 is 1.00 bits per heavy atom. The number of benzene rings is 2. The summed E-state index contributed by atoms with van der Waals surface area (Å²) in [6.45, 7) is 1.21. The number of nitrogens with zero attached hydrogens (tertiary/aromatic N) is 2. The zero-order chi connectivity index (χ0) is 14.2. The SMILES string of the molecule is Oc1c(C2=NCCO2)c2ccccc2n1-c1ccccc1. The average molecular weight is 278 g/mol. The first-order valence-corrected chi connectivity index (χ1v) is 6.92. The third-order valence-electron chi connectivity index (χ3n) is 3.66. The van der Waals surface area contributed by atoms with E-state index in [0.717, 1.165) is 16.6 Å². The predicted octanol–water partition coefficient (Wildman–Crippen LogP) is 3.11. The number of aromatic hydroxyl groups is 1. The summed E-state index contributed by atoms with van der Waals surface area (Å²) in [4.78, 5) is 4.35. The molecule has 0 bridgehead atoms. The van der Waals surface area contributed by atoms with Crippen molar-refractivity contribution in [3.8, 4) is 11.6 Å². The molecule has 4 nitrogen and oxygen atoms in total. The van der Waals surface area contributed by atoms with Crippen molar-refractivity contribution in [2.45, 2.75) is 0 Å². The second-order valence-corrected chi connectivity index (χ2v) is 4.92. The highest BCUT2D eigenvalue weighted by Crippen LogP contribution is 2.35. The Bertz CT molecular complexity index is 835. The van der Waals surface area contributed by atoms with Crippen molar-refractivity contribution < 1.29 is 9.84 Å². The number of hydrogen-bond acceptors (Lipinski definition) is 3. The van der Waals surface area contributed by atoms with E-state index in [-0.39, 0.29) is 5.88 Å². The molecule has 0 aliphatic carbocycles. The first-order chi connectivity index (χ1) is 10.4. The van der Waals surface area contributed by atoms with Crippen LogP contribution in [0.2, 0.25) is 0 Å². The average Bonchev–Trinajstić information content (AvgIpc) is 3.13. The fourth-order valence-electron chi connectivity index (χ4n) is 2.76. The monoisotopic (exact) mass is 278 g/mol. The molecule has 2 heterocycles. The number of aliphatic imine (C=N–C) groups is 1. The lowest BCUT2D eigenvalue weighted by Gasteiger charge is -2.07. The van der Waals surface area contributed by atoms with Crippen molar-refractivity contribution in [3.05, 3.63) is 60.2 Å². The minimum Gasteiger partial charge on any atom is -0.494 e. The minimum absolute atomic E-state index is 0.169. The lowest BCUT2D eigenvalue weighted by atomic mass is 10.1. The molecular formula is C17H14N2O2. The van der Waals surface area contributed by atoms with Crippen molar-refractivity contribution >= 4 is 16.8 Å². The van der Waals surface area contributed by atoms with Gasteiger partial charge in [-0.1, -0.05) is 36.4 Å². The van der Waals surface area contributed by atoms with E-state index in [1.54, 1.807) is 0 Å². The molecule has 0 radical (unpaired) electrons. The van der Waals surface area contributed by atoms with Gasteiger partial charge in [0.1, 0.15) is 12.2 Å². The molecule has 0 unspecified atom stereocenters. The van der Waals surface area contributed by atoms with Gasteiger partial charge < -0.3 is 9.84 Å². The highest BCUT2D eigenvalue weighted by molar-refractivity contribution is 6.10. The summed E-state index contributed by atoms with van der Waals surface area (Å²) in [5.74, 6) is 0.696. The fraction of sp³-hybridized carbons (Fsp3) is 0.118. The van der Waals surface area contributed by atoms with Crippen LogP contribution in [0.3, 0.4) is 0 Å². The van der Waals surface area contributed by atoms with Crippen molar-refractivity contribution in [2.75, 3.05) is 13.2 Å². The molecule has 4 rings (SSSR count). The molecule has 1 N–H and O–H groups in total. The highest BCUT2D eigenvalue weighted by Gasteiger charge is 2.24. The topological polar surface area (TPSA) is 46.8 Å². The molecule has 21 heavy (non-hydrogen) atoms. The maximum absolute atomic E-state index is 10.7. The molecule has 104 valence electrons. The highest BCUT2D eigenvalue weighted by atomic mass is 16.5. The number of para-hydroxylation sites is 2. The van der Waals surface area contributed by atoms with Gasteiger partial charge in [0.25, 0.3) is 0 Å². The largest absolute Gasteiger partial charge is 0.494 e. The summed E-state index contributed by atoms with van der Waals surface area (Å²) in [6.07, 6.45) is 0. The van der Waals surface area contributed by atoms with E-state index in [1.165, 1.54) is 0 Å². The Balaban J connectivity index is 2.06. The Hall–Kier alpha value is -2.75. The van der Waals surface area contributed by atoms with Gasteiger partial charge in [-0.15, -0.1) is 0 Å². The molecule has 2 aromatic carbocycles. The quantitative estimate of drug-likeness (QED) is 0.783. The van der Waals surface area contributed by atoms with E-state index < -0.39 is 0 Å². The van der Waals surface area contributed by atoms with Gasteiger partial charge in [-0.3, -0.25) is 4.57 Å². The van der Waals surface area contributed by atoms with Gasteiger partial charge >= 0.3 is 0 Å². The zero-order valence-electron chi connectivity index (χ0n) is 11.4. The molecule has 3 aromatic rings. The zero-order valence-corrected chi connectivity index (χ0v) is 11.4. The van der Waals surface area contributed by atoms with Crippen LogP contribution in [0.4, 0.5) is 0 Å². The summed E-state index contributed by atoms with van der Waals surface area (Å²) in [5, 5.41) is 11.7. The Labute approximate surface area is 121 Å². The molecule has 4 heteroatoms. The van der Waals surface area contributed by atoms with Crippen LogP contribution < -0.4 is 0 Å². The Morgan fingerprint density at radius 3 is 2.52 bits per heavy atom. The fourth-order valence-corrected chi connectivity index (χ4v) is 2.76. The van der Waals surface area contributed by atoms with Gasteiger partial charge in [-0.2, -0.15) is 0 Å². The number of ether oxygens (including phenoxy) is 1. The predicted molar refractivity (Wildman–Crippen MR) is 82.3 cm³/mol. The lowest BCUT2D eigenvalue weighted by Crippen LogP contribution is -2.01. The third-order valence-corrected chi connectivity index (χ3v) is 3.66. The second-order valence-electron chi connectivity index (χ2n) is 4.92. The summed E-state index contributed by atoms with van der Waals surface area (Å²) in [6, 6.07) is 17.7. The van der Waals surface area contributed by atoms with E-state index in [1.807, 2.05) is 59.2 Å². The third kappa shape index (κ3) is 1.80. The number of rotatable bonds is 2. The van der Waals surface area contributed by atoms with E-state index in [2.05, 4.69) is 4.99 Å². The molecule has 1 aromatic heterocycles. The Morgan fingerprint density at radius 2 is 1.76 bits per heavy atom. The normalized spacial score (nSPS) is 14.2. The molecule has 0 spiro atoms. The van der Waals surface area contributed by atoms with E-state index in [9.17, 15) is 5.11 Å². The van der Waals surface area contributed by atoms with Crippen LogP contribution in [-0.4, -0.2) is 28.7 Å². The van der Waals surface area contributed by atoms with Gasteiger partial charge in [0.15, 0.2) is 0 Å². The maximum atomic E-state index is 10.7. The Kier molecular flexibility index (Phi) is 2.67. The number of hydrogen-bond donors (Lipinski definition) is 1. The molecule has 0 atom stereocenters. The maximum Gasteiger partial charge on any atom is 0.222 e. The molecule has 1 aliphatic heterocycles. The van der Waals surface area contributed by atoms with Gasteiger partial charge in [0.2, 0.25) is 11.8 Å². The molecule has 0 fully saturated rings. The van der Waals surface area contributed by atoms with Crippen LogP contribution in [0, 0.1) is 0 Å². The second kappa shape index (κ2) is 4.66. The summed E-state index contributed by atoms with van der Waals surface area (Å²) in [7, 11) is 0.